The van der Waals surface area contributed by atoms with Crippen molar-refractivity contribution in [1.29, 1.82) is 0 Å². The van der Waals surface area contributed by atoms with E-state index in [9.17, 15) is 4.79 Å². The number of fused-ring (bicyclic) bond motifs is 1. The molecule has 2 fully saturated rings. The van der Waals surface area contributed by atoms with E-state index in [0.717, 1.165) is 0 Å². The highest BCUT2D eigenvalue weighted by Gasteiger charge is 2.56. The number of ether oxygens (including phenoxy) is 4. The van der Waals surface area contributed by atoms with Crippen LogP contribution in [0, 0.1) is 0 Å². The summed E-state index contributed by atoms with van der Waals surface area (Å²) >= 11 is 2.23. The molecule has 2 aliphatic heterocycles. The third-order valence-corrected chi connectivity index (χ3v) is 4.48. The molecule has 2 saturated heterocycles. The number of nitrogens with zero attached hydrogens (tertiary/aromatic N) is 3. The van der Waals surface area contributed by atoms with Gasteiger partial charge in [0.05, 0.1) is 18.9 Å². The summed E-state index contributed by atoms with van der Waals surface area (Å²) in [5.74, 6) is -1.18. The van der Waals surface area contributed by atoms with Gasteiger partial charge in [0.2, 0.25) is 0 Å². The lowest BCUT2D eigenvalue weighted by atomic mass is 10.1. The van der Waals surface area contributed by atoms with Crippen LogP contribution in [0.2, 0.25) is 0 Å². The highest BCUT2D eigenvalue weighted by Crippen LogP contribution is 2.43. The minimum Gasteiger partial charge on any atom is -0.461 e. The number of halogens is 1. The van der Waals surface area contributed by atoms with E-state index in [1.165, 1.54) is 10.9 Å². The van der Waals surface area contributed by atoms with E-state index in [-0.39, 0.29) is 18.2 Å². The first-order valence-corrected chi connectivity index (χ1v) is 8.63. The Morgan fingerprint density at radius 1 is 1.50 bits per heavy atom. The van der Waals surface area contributed by atoms with Crippen LogP contribution in [0.5, 0.6) is 0 Å². The third-order valence-electron chi connectivity index (χ3n) is 3.61. The highest BCUT2D eigenvalue weighted by molar-refractivity contribution is 14.1. The second-order valence-corrected chi connectivity index (χ2v) is 6.45. The fraction of sp³-hybridized carbons (Fsp3) is 0.769. The van der Waals surface area contributed by atoms with Crippen LogP contribution in [0.15, 0.2) is 6.20 Å². The topological polar surface area (TPSA) is 84.7 Å². The number of aromatic nitrogens is 3. The molecule has 8 nitrogen and oxygen atoms in total. The van der Waals surface area contributed by atoms with E-state index in [0.29, 0.717) is 16.7 Å². The van der Waals surface area contributed by atoms with Crippen LogP contribution >= 0.6 is 22.6 Å². The van der Waals surface area contributed by atoms with E-state index in [2.05, 4.69) is 32.9 Å². The van der Waals surface area contributed by atoms with Crippen LogP contribution in [0.25, 0.3) is 0 Å². The van der Waals surface area contributed by atoms with E-state index >= 15 is 0 Å². The van der Waals surface area contributed by atoms with Gasteiger partial charge in [-0.15, -0.1) is 5.10 Å². The molecule has 0 spiro atoms. The molecule has 0 bridgehead atoms. The SMILES string of the molecule is CCOC(=O)c1cnnn1[C@@H]1[C@H]2OC(C)(C)O[C@H]2O[C@@H]1CI. The van der Waals surface area contributed by atoms with Crippen molar-refractivity contribution in [3.05, 3.63) is 11.9 Å². The summed E-state index contributed by atoms with van der Waals surface area (Å²) in [6, 6.07) is -0.286. The van der Waals surface area contributed by atoms with Crippen molar-refractivity contribution in [2.24, 2.45) is 0 Å². The fourth-order valence-corrected chi connectivity index (χ4v) is 3.53. The van der Waals surface area contributed by atoms with Crippen molar-refractivity contribution in [2.75, 3.05) is 11.0 Å². The number of esters is 1. The molecule has 2 aliphatic rings. The Bertz CT molecular complexity index is 564. The largest absolute Gasteiger partial charge is 0.461 e. The first-order chi connectivity index (χ1) is 10.5. The number of hydrogen-bond donors (Lipinski definition) is 0. The maximum Gasteiger partial charge on any atom is 0.358 e. The second-order valence-electron chi connectivity index (χ2n) is 5.57. The molecule has 122 valence electrons. The molecular formula is C13H18IN3O5. The molecule has 1 aromatic heterocycles. The van der Waals surface area contributed by atoms with E-state index in [4.69, 9.17) is 18.9 Å². The number of hydrogen-bond acceptors (Lipinski definition) is 7. The molecule has 1 aromatic rings. The van der Waals surface area contributed by atoms with Crippen molar-refractivity contribution < 1.29 is 23.7 Å². The normalized spacial score (nSPS) is 32.9. The standard InChI is InChI=1S/C13H18IN3O5/c1-4-19-11(18)7-6-15-16-17(7)9-8(5-14)20-12-10(9)21-13(2,3)22-12/h6,8-10,12H,4-5H2,1-3H3/t8-,9+,10-,12-/m1/s1. The van der Waals surface area contributed by atoms with Gasteiger partial charge in [-0.1, -0.05) is 27.8 Å². The summed E-state index contributed by atoms with van der Waals surface area (Å²) in [6.07, 6.45) is 0.404. The van der Waals surface area contributed by atoms with Crippen LogP contribution in [0.1, 0.15) is 37.3 Å². The Morgan fingerprint density at radius 3 is 2.95 bits per heavy atom. The maximum absolute atomic E-state index is 12.1. The zero-order chi connectivity index (χ0) is 15.9. The van der Waals surface area contributed by atoms with Gasteiger partial charge in [0.15, 0.2) is 17.8 Å². The molecule has 22 heavy (non-hydrogen) atoms. The first kappa shape index (κ1) is 16.1. The van der Waals surface area contributed by atoms with Gasteiger partial charge in [0.1, 0.15) is 12.1 Å². The maximum atomic E-state index is 12.1. The monoisotopic (exact) mass is 423 g/mol. The van der Waals surface area contributed by atoms with Gasteiger partial charge in [-0.3, -0.25) is 0 Å². The Hall–Kier alpha value is -0.780. The second kappa shape index (κ2) is 6.02. The van der Waals surface area contributed by atoms with Crippen LogP contribution < -0.4 is 0 Å². The fourth-order valence-electron chi connectivity index (χ4n) is 2.80. The van der Waals surface area contributed by atoms with Crippen LogP contribution in [-0.2, 0) is 18.9 Å². The zero-order valence-corrected chi connectivity index (χ0v) is 14.7. The van der Waals surface area contributed by atoms with E-state index < -0.39 is 18.0 Å². The predicted molar refractivity (Wildman–Crippen MR) is 82.6 cm³/mol. The molecule has 3 heterocycles. The summed E-state index contributed by atoms with van der Waals surface area (Å²) < 4.78 is 24.9. The molecule has 0 saturated carbocycles. The van der Waals surface area contributed by atoms with Gasteiger partial charge in [-0.25, -0.2) is 9.48 Å². The quantitative estimate of drug-likeness (QED) is 0.410. The third kappa shape index (κ3) is 2.74. The van der Waals surface area contributed by atoms with Crippen LogP contribution in [-0.4, -0.2) is 56.3 Å². The van der Waals surface area contributed by atoms with Gasteiger partial charge in [-0.05, 0) is 20.8 Å². The van der Waals surface area contributed by atoms with Crippen molar-refractivity contribution in [2.45, 2.75) is 51.1 Å². The Labute approximate surface area is 141 Å². The van der Waals surface area contributed by atoms with E-state index in [1.807, 2.05) is 13.8 Å². The van der Waals surface area contributed by atoms with Gasteiger partial charge >= 0.3 is 5.97 Å². The lowest BCUT2D eigenvalue weighted by Gasteiger charge is -2.25. The number of rotatable bonds is 4. The molecule has 4 atom stereocenters. The Balaban J connectivity index is 1.92. The predicted octanol–water partition coefficient (Wildman–Crippen LogP) is 1.31. The summed E-state index contributed by atoms with van der Waals surface area (Å²) in [5.41, 5.74) is 0.291. The van der Waals surface area contributed by atoms with Gasteiger partial charge in [0.25, 0.3) is 0 Å². The smallest absolute Gasteiger partial charge is 0.358 e. The number of carbonyl (C=O) groups is 1. The minimum absolute atomic E-state index is 0.179. The molecule has 0 aromatic carbocycles. The van der Waals surface area contributed by atoms with Gasteiger partial charge < -0.3 is 18.9 Å². The Kier molecular flexibility index (Phi) is 4.40. The molecule has 0 amide bonds. The van der Waals surface area contributed by atoms with Gasteiger partial charge in [-0.2, -0.15) is 0 Å². The molecule has 0 aliphatic carbocycles. The molecule has 0 unspecified atom stereocenters. The number of carbonyl (C=O) groups excluding carboxylic acids is 1. The molecule has 3 rings (SSSR count). The van der Waals surface area contributed by atoms with Gasteiger partial charge in [0, 0.05) is 4.43 Å². The number of alkyl halides is 1. The summed E-state index contributed by atoms with van der Waals surface area (Å²) in [4.78, 5) is 12.1. The van der Waals surface area contributed by atoms with Crippen LogP contribution in [0.4, 0.5) is 0 Å². The molecule has 0 N–H and O–H groups in total. The highest BCUT2D eigenvalue weighted by atomic mass is 127. The average Bonchev–Trinajstić information content (AvgIpc) is 3.09. The average molecular weight is 423 g/mol. The van der Waals surface area contributed by atoms with Crippen molar-refractivity contribution in [3.8, 4) is 0 Å². The first-order valence-electron chi connectivity index (χ1n) is 7.11. The van der Waals surface area contributed by atoms with Crippen molar-refractivity contribution in [3.63, 3.8) is 0 Å². The Morgan fingerprint density at radius 2 is 2.27 bits per heavy atom. The minimum atomic E-state index is -0.728. The zero-order valence-electron chi connectivity index (χ0n) is 12.6. The summed E-state index contributed by atoms with van der Waals surface area (Å²) in [7, 11) is 0. The van der Waals surface area contributed by atoms with Crippen molar-refractivity contribution in [1.82, 2.24) is 15.0 Å². The molecule has 9 heteroatoms. The summed E-state index contributed by atoms with van der Waals surface area (Å²) in [6.45, 7) is 5.71. The van der Waals surface area contributed by atoms with Crippen molar-refractivity contribution >= 4 is 28.6 Å². The molecular weight excluding hydrogens is 405 g/mol. The van der Waals surface area contributed by atoms with Crippen LogP contribution in [0.3, 0.4) is 0 Å². The lowest BCUT2D eigenvalue weighted by Crippen LogP contribution is -2.35. The molecule has 0 radical (unpaired) electrons. The lowest BCUT2D eigenvalue weighted by molar-refractivity contribution is -0.206. The van der Waals surface area contributed by atoms with E-state index in [1.54, 1.807) is 6.92 Å². The summed E-state index contributed by atoms with van der Waals surface area (Å²) in [5, 5.41) is 7.90.